The molecule has 6 unspecified atom stereocenters. The van der Waals surface area contributed by atoms with Crippen LogP contribution in [0.1, 0.15) is 12.8 Å². The maximum atomic E-state index is 9.75. The maximum Gasteiger partial charge on any atom is 0.0757 e. The van der Waals surface area contributed by atoms with Gasteiger partial charge in [0.05, 0.1) is 12.2 Å². The predicted octanol–water partition coefficient (Wildman–Crippen LogP) is 1.20. The van der Waals surface area contributed by atoms with Crippen molar-refractivity contribution in [3.63, 3.8) is 0 Å². The second-order valence-corrected chi connectivity index (χ2v) is 4.70. The van der Waals surface area contributed by atoms with E-state index in [1.165, 1.54) is 12.8 Å². The van der Waals surface area contributed by atoms with Crippen molar-refractivity contribution in [1.29, 1.82) is 0 Å². The van der Waals surface area contributed by atoms with Crippen LogP contribution in [0, 0.1) is 23.7 Å². The first-order valence-corrected chi connectivity index (χ1v) is 5.20. The molecular weight excluding hydrogens is 164 g/mol. The molecule has 6 atom stereocenters. The van der Waals surface area contributed by atoms with Gasteiger partial charge in [0.25, 0.3) is 0 Å². The molecule has 72 valence electrons. The summed E-state index contributed by atoms with van der Waals surface area (Å²) in [4.78, 5) is 0. The molecule has 0 heterocycles. The summed E-state index contributed by atoms with van der Waals surface area (Å²) in [6.45, 7) is 0. The molecule has 0 aliphatic heterocycles. The number of allylic oxidation sites excluding steroid dienone is 1. The van der Waals surface area contributed by atoms with Gasteiger partial charge in [-0.05, 0) is 36.5 Å². The number of hydrogen-bond acceptors (Lipinski definition) is 2. The van der Waals surface area contributed by atoms with Crippen molar-refractivity contribution in [2.75, 3.05) is 7.11 Å². The van der Waals surface area contributed by atoms with Crippen LogP contribution in [0.5, 0.6) is 0 Å². The average Bonchev–Trinajstić information content (AvgIpc) is 2.76. The van der Waals surface area contributed by atoms with E-state index in [2.05, 4.69) is 6.08 Å². The Balaban J connectivity index is 1.87. The molecule has 3 aliphatic carbocycles. The van der Waals surface area contributed by atoms with Gasteiger partial charge in [-0.2, -0.15) is 0 Å². The Bertz CT molecular complexity index is 248. The van der Waals surface area contributed by atoms with Gasteiger partial charge >= 0.3 is 0 Å². The summed E-state index contributed by atoms with van der Waals surface area (Å²) in [6, 6.07) is 0. The van der Waals surface area contributed by atoms with Crippen LogP contribution in [-0.4, -0.2) is 24.4 Å². The first kappa shape index (κ1) is 8.01. The van der Waals surface area contributed by atoms with Gasteiger partial charge in [0.1, 0.15) is 0 Å². The highest BCUT2D eigenvalue weighted by Crippen LogP contribution is 2.57. The van der Waals surface area contributed by atoms with Crippen LogP contribution in [0.2, 0.25) is 0 Å². The molecule has 2 heteroatoms. The van der Waals surface area contributed by atoms with Crippen molar-refractivity contribution >= 4 is 0 Å². The fourth-order valence-electron chi connectivity index (χ4n) is 3.81. The number of fused-ring (bicyclic) bond motifs is 5. The summed E-state index contributed by atoms with van der Waals surface area (Å²) in [6.07, 6.45) is 6.92. The molecule has 0 saturated heterocycles. The average molecular weight is 180 g/mol. The van der Waals surface area contributed by atoms with Gasteiger partial charge < -0.3 is 9.84 Å². The molecule has 13 heavy (non-hydrogen) atoms. The van der Waals surface area contributed by atoms with Crippen LogP contribution in [0.3, 0.4) is 0 Å². The van der Waals surface area contributed by atoms with Gasteiger partial charge in [0.2, 0.25) is 0 Å². The second-order valence-electron chi connectivity index (χ2n) is 4.70. The first-order valence-electron chi connectivity index (χ1n) is 5.20. The first-order chi connectivity index (χ1) is 6.31. The minimum Gasteiger partial charge on any atom is -0.389 e. The lowest BCUT2D eigenvalue weighted by Gasteiger charge is -2.31. The fraction of sp³-hybridized carbons (Fsp3) is 0.818. The van der Waals surface area contributed by atoms with Crippen molar-refractivity contribution in [3.8, 4) is 0 Å². The molecule has 0 aromatic heterocycles. The number of aliphatic hydroxyl groups is 1. The Labute approximate surface area is 78.6 Å². The van der Waals surface area contributed by atoms with E-state index in [1.54, 1.807) is 0 Å². The fourth-order valence-corrected chi connectivity index (χ4v) is 3.81. The van der Waals surface area contributed by atoms with Gasteiger partial charge in [-0.1, -0.05) is 12.2 Å². The predicted molar refractivity (Wildman–Crippen MR) is 49.1 cm³/mol. The molecular formula is C11H16O2. The van der Waals surface area contributed by atoms with E-state index < -0.39 is 0 Å². The lowest BCUT2D eigenvalue weighted by atomic mass is 9.79. The quantitative estimate of drug-likeness (QED) is 0.614. The van der Waals surface area contributed by atoms with Crippen LogP contribution >= 0.6 is 0 Å². The van der Waals surface area contributed by atoms with Crippen molar-refractivity contribution in [2.24, 2.45) is 23.7 Å². The molecule has 2 nitrogen and oxygen atoms in total. The third kappa shape index (κ3) is 0.906. The molecule has 1 N–H and O–H groups in total. The Morgan fingerprint density at radius 2 is 2.15 bits per heavy atom. The van der Waals surface area contributed by atoms with E-state index in [1.807, 2.05) is 13.2 Å². The Morgan fingerprint density at radius 1 is 1.31 bits per heavy atom. The molecule has 2 fully saturated rings. The number of aliphatic hydroxyl groups excluding tert-OH is 1. The molecule has 0 aromatic rings. The highest BCUT2D eigenvalue weighted by molar-refractivity contribution is 5.18. The summed E-state index contributed by atoms with van der Waals surface area (Å²) in [7, 11) is 1.81. The number of rotatable bonds is 1. The van der Waals surface area contributed by atoms with Crippen LogP contribution in [-0.2, 0) is 4.74 Å². The standard InChI is InChI=1S/C11H16O2/c1-13-10-5-6-4-8(10)7-2-3-9(12)11(6)7/h2-3,6-12H,4-5H2,1H3. The molecule has 3 rings (SSSR count). The van der Waals surface area contributed by atoms with Gasteiger partial charge in [-0.15, -0.1) is 0 Å². The van der Waals surface area contributed by atoms with E-state index in [4.69, 9.17) is 4.74 Å². The molecule has 0 aromatic carbocycles. The van der Waals surface area contributed by atoms with Crippen LogP contribution in [0.4, 0.5) is 0 Å². The zero-order valence-electron chi connectivity index (χ0n) is 7.89. The van der Waals surface area contributed by atoms with E-state index >= 15 is 0 Å². The Hall–Kier alpha value is -0.340. The molecule has 0 radical (unpaired) electrons. The van der Waals surface area contributed by atoms with E-state index in [9.17, 15) is 5.11 Å². The van der Waals surface area contributed by atoms with Crippen molar-refractivity contribution in [1.82, 2.24) is 0 Å². The van der Waals surface area contributed by atoms with E-state index in [0.717, 1.165) is 0 Å². The normalized spacial score (nSPS) is 57.4. The van der Waals surface area contributed by atoms with Crippen LogP contribution in [0.25, 0.3) is 0 Å². The number of ether oxygens (including phenoxy) is 1. The summed E-state index contributed by atoms with van der Waals surface area (Å²) in [5, 5.41) is 9.75. The summed E-state index contributed by atoms with van der Waals surface area (Å²) >= 11 is 0. The SMILES string of the molecule is COC1CC2CC1C1C=CC(O)C21. The summed E-state index contributed by atoms with van der Waals surface area (Å²) < 4.78 is 5.47. The lowest BCUT2D eigenvalue weighted by Crippen LogP contribution is -2.33. The van der Waals surface area contributed by atoms with Crippen LogP contribution in [0.15, 0.2) is 12.2 Å². The zero-order valence-corrected chi connectivity index (χ0v) is 7.89. The minimum atomic E-state index is -0.169. The smallest absolute Gasteiger partial charge is 0.0757 e. The molecule has 2 saturated carbocycles. The van der Waals surface area contributed by atoms with Crippen molar-refractivity contribution in [2.45, 2.75) is 25.0 Å². The van der Waals surface area contributed by atoms with Gasteiger partial charge in [0.15, 0.2) is 0 Å². The van der Waals surface area contributed by atoms with E-state index in [-0.39, 0.29) is 6.10 Å². The van der Waals surface area contributed by atoms with Gasteiger partial charge in [0, 0.05) is 7.11 Å². The van der Waals surface area contributed by atoms with Crippen molar-refractivity contribution < 1.29 is 9.84 Å². The molecule has 0 spiro atoms. The largest absolute Gasteiger partial charge is 0.389 e. The topological polar surface area (TPSA) is 29.5 Å². The Kier molecular flexibility index (Phi) is 1.59. The number of hydrogen-bond donors (Lipinski definition) is 1. The maximum absolute atomic E-state index is 9.75. The highest BCUT2D eigenvalue weighted by atomic mass is 16.5. The minimum absolute atomic E-state index is 0.169. The van der Waals surface area contributed by atoms with E-state index in [0.29, 0.717) is 29.8 Å². The zero-order chi connectivity index (χ0) is 9.00. The van der Waals surface area contributed by atoms with Gasteiger partial charge in [-0.3, -0.25) is 0 Å². The molecule has 2 bridgehead atoms. The molecule has 3 aliphatic rings. The third-order valence-electron chi connectivity index (χ3n) is 4.30. The highest BCUT2D eigenvalue weighted by Gasteiger charge is 2.55. The monoisotopic (exact) mass is 180 g/mol. The summed E-state index contributed by atoms with van der Waals surface area (Å²) in [5.41, 5.74) is 0. The van der Waals surface area contributed by atoms with Crippen molar-refractivity contribution in [3.05, 3.63) is 12.2 Å². The second kappa shape index (κ2) is 2.58. The Morgan fingerprint density at radius 3 is 2.92 bits per heavy atom. The van der Waals surface area contributed by atoms with Gasteiger partial charge in [-0.25, -0.2) is 0 Å². The van der Waals surface area contributed by atoms with Crippen LogP contribution < -0.4 is 0 Å². The number of methoxy groups -OCH3 is 1. The molecule has 0 amide bonds. The lowest BCUT2D eigenvalue weighted by molar-refractivity contribution is 0.00898. The third-order valence-corrected chi connectivity index (χ3v) is 4.30. The summed E-state index contributed by atoms with van der Waals surface area (Å²) in [5.74, 6) is 2.54.